The van der Waals surface area contributed by atoms with Crippen LogP contribution in [0.1, 0.15) is 41.5 Å². The van der Waals surface area contributed by atoms with Gasteiger partial charge in [0.05, 0.1) is 24.5 Å². The minimum atomic E-state index is -4.56. The fourth-order valence-corrected chi connectivity index (χ4v) is 5.04. The number of alkyl halides is 3. The summed E-state index contributed by atoms with van der Waals surface area (Å²) in [5.41, 5.74) is -1.22. The van der Waals surface area contributed by atoms with E-state index < -0.39 is 23.8 Å². The van der Waals surface area contributed by atoms with Gasteiger partial charge in [-0.15, -0.1) is 0 Å². The standard InChI is InChI=1S/C20H25F3N4O3/c1-3-26-18(29)15-12-25(8-9-27(15)19(26)6-10-30-11-7-19)17(28)14-4-5-16(20(21,22)23)24-13(14)2/h4-5,15H,3,6-12H2,1-2H3/t15-/m1/s1. The van der Waals surface area contributed by atoms with E-state index >= 15 is 0 Å². The van der Waals surface area contributed by atoms with Crippen LogP contribution < -0.4 is 0 Å². The van der Waals surface area contributed by atoms with Gasteiger partial charge in [-0.05, 0) is 26.0 Å². The van der Waals surface area contributed by atoms with E-state index in [4.69, 9.17) is 4.74 Å². The van der Waals surface area contributed by atoms with Crippen molar-refractivity contribution in [2.75, 3.05) is 39.4 Å². The number of piperazine rings is 1. The third-order valence-electron chi connectivity index (χ3n) is 6.47. The number of pyridine rings is 1. The van der Waals surface area contributed by atoms with Gasteiger partial charge in [-0.25, -0.2) is 4.98 Å². The Labute approximate surface area is 172 Å². The second-order valence-electron chi connectivity index (χ2n) is 7.96. The number of fused-ring (bicyclic) bond motifs is 2. The van der Waals surface area contributed by atoms with Crippen LogP contribution in [0.3, 0.4) is 0 Å². The first-order valence-corrected chi connectivity index (χ1v) is 10.2. The fourth-order valence-electron chi connectivity index (χ4n) is 5.04. The molecular formula is C20H25F3N4O3. The maximum absolute atomic E-state index is 13.1. The molecule has 0 N–H and O–H groups in total. The highest BCUT2D eigenvalue weighted by atomic mass is 19.4. The van der Waals surface area contributed by atoms with Gasteiger partial charge in [-0.1, -0.05) is 0 Å². The zero-order chi connectivity index (χ0) is 21.7. The molecule has 1 aromatic heterocycles. The second kappa shape index (κ2) is 7.49. The molecular weight excluding hydrogens is 401 g/mol. The summed E-state index contributed by atoms with van der Waals surface area (Å²) in [6, 6.07) is 1.56. The Morgan fingerprint density at radius 2 is 1.97 bits per heavy atom. The summed E-state index contributed by atoms with van der Waals surface area (Å²) in [6.07, 6.45) is -3.09. The number of likely N-dealkylation sites (N-methyl/N-ethyl adjacent to an activating group) is 1. The van der Waals surface area contributed by atoms with Gasteiger partial charge in [0.15, 0.2) is 0 Å². The van der Waals surface area contributed by atoms with Crippen LogP contribution in [-0.2, 0) is 15.7 Å². The van der Waals surface area contributed by atoms with E-state index in [1.54, 1.807) is 4.90 Å². The first kappa shape index (κ1) is 21.0. The van der Waals surface area contributed by atoms with Gasteiger partial charge in [0.25, 0.3) is 5.91 Å². The Kier molecular flexibility index (Phi) is 5.26. The monoisotopic (exact) mass is 426 g/mol. The van der Waals surface area contributed by atoms with E-state index in [1.807, 2.05) is 11.8 Å². The van der Waals surface area contributed by atoms with Crippen LogP contribution in [0, 0.1) is 6.92 Å². The van der Waals surface area contributed by atoms with E-state index in [9.17, 15) is 22.8 Å². The Morgan fingerprint density at radius 1 is 1.27 bits per heavy atom. The number of carbonyl (C=O) groups excluding carboxylic acids is 2. The molecule has 7 nitrogen and oxygen atoms in total. The molecule has 0 saturated carbocycles. The predicted octanol–water partition coefficient (Wildman–Crippen LogP) is 1.90. The molecule has 1 atom stereocenters. The van der Waals surface area contributed by atoms with E-state index in [0.29, 0.717) is 32.8 Å². The SMILES string of the molecule is CCN1C(=O)[C@H]2CN(C(=O)c3ccc(C(F)(F)F)nc3C)CCN2C12CCOCC2. The molecule has 0 bridgehead atoms. The smallest absolute Gasteiger partial charge is 0.381 e. The highest BCUT2D eigenvalue weighted by molar-refractivity contribution is 5.96. The van der Waals surface area contributed by atoms with Crippen LogP contribution in [-0.4, -0.2) is 82.6 Å². The van der Waals surface area contributed by atoms with Gasteiger partial charge in [0.1, 0.15) is 17.4 Å². The Hall–Kier alpha value is -2.20. The fraction of sp³-hybridized carbons (Fsp3) is 0.650. The van der Waals surface area contributed by atoms with Crippen molar-refractivity contribution in [1.82, 2.24) is 19.7 Å². The summed E-state index contributed by atoms with van der Waals surface area (Å²) in [5, 5.41) is 0. The molecule has 4 heterocycles. The molecule has 3 saturated heterocycles. The maximum atomic E-state index is 13.1. The second-order valence-corrected chi connectivity index (χ2v) is 7.96. The van der Waals surface area contributed by atoms with Crippen LogP contribution in [0.4, 0.5) is 13.2 Å². The zero-order valence-electron chi connectivity index (χ0n) is 17.0. The summed E-state index contributed by atoms with van der Waals surface area (Å²) < 4.78 is 44.1. The molecule has 3 aliphatic rings. The largest absolute Gasteiger partial charge is 0.433 e. The van der Waals surface area contributed by atoms with Gasteiger partial charge in [-0.3, -0.25) is 14.5 Å². The molecule has 3 aliphatic heterocycles. The number of nitrogens with zero attached hydrogens (tertiary/aromatic N) is 4. The maximum Gasteiger partial charge on any atom is 0.433 e. The number of rotatable bonds is 2. The number of ether oxygens (including phenoxy) is 1. The number of aromatic nitrogens is 1. The Balaban J connectivity index is 1.56. The third-order valence-corrected chi connectivity index (χ3v) is 6.47. The zero-order valence-corrected chi connectivity index (χ0v) is 17.0. The minimum absolute atomic E-state index is 0.000772. The van der Waals surface area contributed by atoms with Crippen molar-refractivity contribution in [3.8, 4) is 0 Å². The van der Waals surface area contributed by atoms with Crippen molar-refractivity contribution in [2.24, 2.45) is 0 Å². The average molecular weight is 426 g/mol. The number of halogens is 3. The highest BCUT2D eigenvalue weighted by Gasteiger charge is 2.58. The minimum Gasteiger partial charge on any atom is -0.381 e. The van der Waals surface area contributed by atoms with Crippen LogP contribution >= 0.6 is 0 Å². The van der Waals surface area contributed by atoms with Crippen molar-refractivity contribution in [1.29, 1.82) is 0 Å². The number of hydrogen-bond donors (Lipinski definition) is 0. The van der Waals surface area contributed by atoms with Crippen LogP contribution in [0.25, 0.3) is 0 Å². The van der Waals surface area contributed by atoms with Crippen LogP contribution in [0.5, 0.6) is 0 Å². The molecule has 4 rings (SSSR count). The number of aryl methyl sites for hydroxylation is 1. The summed E-state index contributed by atoms with van der Waals surface area (Å²) in [7, 11) is 0. The predicted molar refractivity (Wildman–Crippen MR) is 101 cm³/mol. The molecule has 3 fully saturated rings. The van der Waals surface area contributed by atoms with Gasteiger partial charge in [-0.2, -0.15) is 13.2 Å². The number of carbonyl (C=O) groups is 2. The lowest BCUT2D eigenvalue weighted by Crippen LogP contribution is -2.62. The normalized spacial score (nSPS) is 24.4. The summed E-state index contributed by atoms with van der Waals surface area (Å²) >= 11 is 0. The van der Waals surface area contributed by atoms with Gasteiger partial charge >= 0.3 is 6.18 Å². The Morgan fingerprint density at radius 3 is 2.57 bits per heavy atom. The van der Waals surface area contributed by atoms with E-state index in [0.717, 1.165) is 18.9 Å². The first-order chi connectivity index (χ1) is 14.2. The Bertz CT molecular complexity index is 854. The molecule has 2 amide bonds. The average Bonchev–Trinajstić information content (AvgIpc) is 2.94. The van der Waals surface area contributed by atoms with Gasteiger partial charge < -0.3 is 14.5 Å². The summed E-state index contributed by atoms with van der Waals surface area (Å²) in [6.45, 7) is 6.27. The number of amides is 2. The lowest BCUT2D eigenvalue weighted by atomic mass is 9.96. The van der Waals surface area contributed by atoms with Gasteiger partial charge in [0, 0.05) is 39.0 Å². The van der Waals surface area contributed by atoms with E-state index in [1.165, 1.54) is 13.0 Å². The molecule has 164 valence electrons. The highest BCUT2D eigenvalue weighted by Crippen LogP contribution is 2.41. The molecule has 0 unspecified atom stereocenters. The molecule has 1 aromatic rings. The third kappa shape index (κ3) is 3.26. The van der Waals surface area contributed by atoms with Crippen LogP contribution in [0.15, 0.2) is 12.1 Å². The van der Waals surface area contributed by atoms with Gasteiger partial charge in [0.2, 0.25) is 5.91 Å². The quantitative estimate of drug-likeness (QED) is 0.723. The van der Waals surface area contributed by atoms with E-state index in [-0.39, 0.29) is 29.4 Å². The van der Waals surface area contributed by atoms with Crippen molar-refractivity contribution < 1.29 is 27.5 Å². The first-order valence-electron chi connectivity index (χ1n) is 10.2. The molecule has 10 heteroatoms. The molecule has 0 radical (unpaired) electrons. The van der Waals surface area contributed by atoms with Crippen molar-refractivity contribution in [3.63, 3.8) is 0 Å². The van der Waals surface area contributed by atoms with E-state index in [2.05, 4.69) is 9.88 Å². The van der Waals surface area contributed by atoms with Crippen molar-refractivity contribution >= 4 is 11.8 Å². The lowest BCUT2D eigenvalue weighted by Gasteiger charge is -2.48. The van der Waals surface area contributed by atoms with Crippen molar-refractivity contribution in [2.45, 2.75) is 44.6 Å². The topological polar surface area (TPSA) is 66.0 Å². The molecule has 1 spiro atoms. The van der Waals surface area contributed by atoms with Crippen molar-refractivity contribution in [3.05, 3.63) is 29.1 Å². The summed E-state index contributed by atoms with van der Waals surface area (Å²) in [4.78, 5) is 35.4. The summed E-state index contributed by atoms with van der Waals surface area (Å²) in [5.74, 6) is -0.392. The lowest BCUT2D eigenvalue weighted by molar-refractivity contribution is -0.141. The van der Waals surface area contributed by atoms with Crippen LogP contribution in [0.2, 0.25) is 0 Å². The molecule has 0 aliphatic carbocycles. The molecule has 30 heavy (non-hydrogen) atoms. The number of hydrogen-bond acceptors (Lipinski definition) is 5. The molecule has 0 aromatic carbocycles.